The van der Waals surface area contributed by atoms with Crippen molar-refractivity contribution in [3.05, 3.63) is 22.4 Å². The van der Waals surface area contributed by atoms with Gasteiger partial charge in [-0.15, -0.1) is 0 Å². The van der Waals surface area contributed by atoms with E-state index in [-0.39, 0.29) is 18.3 Å². The largest absolute Gasteiger partial charge is 0.452 e. The van der Waals surface area contributed by atoms with Crippen molar-refractivity contribution in [1.29, 1.82) is 0 Å². The van der Waals surface area contributed by atoms with Crippen LogP contribution in [0.2, 0.25) is 0 Å². The summed E-state index contributed by atoms with van der Waals surface area (Å²) < 4.78 is 5.07. The maximum absolute atomic E-state index is 11.5. The van der Waals surface area contributed by atoms with E-state index in [1.165, 1.54) is 11.3 Å². The lowest BCUT2D eigenvalue weighted by molar-refractivity contribution is -0.154. The predicted molar refractivity (Wildman–Crippen MR) is 64.7 cm³/mol. The van der Waals surface area contributed by atoms with Crippen molar-refractivity contribution >= 4 is 23.2 Å². The summed E-state index contributed by atoms with van der Waals surface area (Å²) >= 11 is 1.54. The quantitative estimate of drug-likeness (QED) is 0.809. The first-order chi connectivity index (χ1) is 8.15. The highest BCUT2D eigenvalue weighted by Gasteiger charge is 2.27. The number of amides is 1. The first kappa shape index (κ1) is 12.1. The minimum atomic E-state index is -0.707. The Morgan fingerprint density at radius 1 is 1.59 bits per heavy atom. The maximum atomic E-state index is 11.5. The maximum Gasteiger partial charge on any atom is 0.311 e. The second-order valence-electron chi connectivity index (χ2n) is 4.22. The van der Waals surface area contributed by atoms with Gasteiger partial charge < -0.3 is 10.1 Å². The van der Waals surface area contributed by atoms with Gasteiger partial charge in [-0.3, -0.25) is 9.59 Å². The van der Waals surface area contributed by atoms with Crippen LogP contribution in [0.25, 0.3) is 0 Å². The molecule has 17 heavy (non-hydrogen) atoms. The van der Waals surface area contributed by atoms with E-state index in [0.29, 0.717) is 6.04 Å². The molecule has 0 aliphatic heterocycles. The minimum Gasteiger partial charge on any atom is -0.452 e. The molecule has 1 heterocycles. The molecule has 92 valence electrons. The van der Waals surface area contributed by atoms with Crippen molar-refractivity contribution in [1.82, 2.24) is 5.32 Å². The van der Waals surface area contributed by atoms with Gasteiger partial charge in [-0.25, -0.2) is 0 Å². The standard InChI is InChI=1S/C12H15NO3S/c1-8(12(15)13-10-2-3-10)16-11(14)6-9-4-5-17-7-9/h4-5,7-8,10H,2-3,6H2,1H3,(H,13,15). The van der Waals surface area contributed by atoms with Gasteiger partial charge in [0.2, 0.25) is 0 Å². The van der Waals surface area contributed by atoms with Crippen molar-refractivity contribution in [2.75, 3.05) is 0 Å². The summed E-state index contributed by atoms with van der Waals surface area (Å²) in [7, 11) is 0. The summed E-state index contributed by atoms with van der Waals surface area (Å²) in [5.41, 5.74) is 0.926. The molecular formula is C12H15NO3S. The van der Waals surface area contributed by atoms with Crippen LogP contribution in [-0.2, 0) is 20.7 Å². The monoisotopic (exact) mass is 253 g/mol. The van der Waals surface area contributed by atoms with Crippen LogP contribution in [0.5, 0.6) is 0 Å². The van der Waals surface area contributed by atoms with Crippen molar-refractivity contribution in [3.63, 3.8) is 0 Å². The molecule has 1 fully saturated rings. The van der Waals surface area contributed by atoms with Crippen molar-refractivity contribution in [2.45, 2.75) is 38.3 Å². The molecule has 0 saturated heterocycles. The van der Waals surface area contributed by atoms with Gasteiger partial charge in [0.15, 0.2) is 6.10 Å². The van der Waals surface area contributed by atoms with Gasteiger partial charge >= 0.3 is 5.97 Å². The summed E-state index contributed by atoms with van der Waals surface area (Å²) in [6.45, 7) is 1.60. The molecule has 1 aromatic heterocycles. The number of rotatable bonds is 5. The van der Waals surface area contributed by atoms with Gasteiger partial charge in [-0.2, -0.15) is 11.3 Å². The lowest BCUT2D eigenvalue weighted by Gasteiger charge is -2.12. The summed E-state index contributed by atoms with van der Waals surface area (Å²) in [4.78, 5) is 23.1. The SMILES string of the molecule is CC(OC(=O)Cc1ccsc1)C(=O)NC1CC1. The van der Waals surface area contributed by atoms with E-state index in [9.17, 15) is 9.59 Å². The second kappa shape index (κ2) is 5.31. The summed E-state index contributed by atoms with van der Waals surface area (Å²) in [5.74, 6) is -0.562. The van der Waals surface area contributed by atoms with Crippen molar-refractivity contribution < 1.29 is 14.3 Å². The Bertz CT molecular complexity index is 398. The third-order valence-corrected chi connectivity index (χ3v) is 3.26. The average Bonchev–Trinajstić information content (AvgIpc) is 2.93. The van der Waals surface area contributed by atoms with Crippen LogP contribution in [0.1, 0.15) is 25.3 Å². The van der Waals surface area contributed by atoms with E-state index in [0.717, 1.165) is 18.4 Å². The van der Waals surface area contributed by atoms with Gasteiger partial charge in [0.1, 0.15) is 0 Å². The van der Waals surface area contributed by atoms with Gasteiger partial charge in [0.25, 0.3) is 5.91 Å². The molecule has 1 unspecified atom stereocenters. The van der Waals surface area contributed by atoms with Crippen molar-refractivity contribution in [2.24, 2.45) is 0 Å². The van der Waals surface area contributed by atoms with E-state index >= 15 is 0 Å². The van der Waals surface area contributed by atoms with Gasteiger partial charge in [0, 0.05) is 6.04 Å². The van der Waals surface area contributed by atoms with Crippen LogP contribution >= 0.6 is 11.3 Å². The molecule has 1 aliphatic carbocycles. The van der Waals surface area contributed by atoms with Gasteiger partial charge in [-0.1, -0.05) is 0 Å². The zero-order chi connectivity index (χ0) is 12.3. The Hall–Kier alpha value is -1.36. The van der Waals surface area contributed by atoms with E-state index in [4.69, 9.17) is 4.74 Å². The highest BCUT2D eigenvalue weighted by atomic mass is 32.1. The highest BCUT2D eigenvalue weighted by Crippen LogP contribution is 2.18. The van der Waals surface area contributed by atoms with Crippen molar-refractivity contribution in [3.8, 4) is 0 Å². The topological polar surface area (TPSA) is 55.4 Å². The normalized spacial score (nSPS) is 16.3. The molecule has 1 N–H and O–H groups in total. The lowest BCUT2D eigenvalue weighted by atomic mass is 10.2. The second-order valence-corrected chi connectivity index (χ2v) is 5.00. The molecule has 1 atom stereocenters. The van der Waals surface area contributed by atoms with Crippen LogP contribution < -0.4 is 5.32 Å². The lowest BCUT2D eigenvalue weighted by Crippen LogP contribution is -2.37. The third-order valence-electron chi connectivity index (χ3n) is 2.53. The Labute approximate surface area is 104 Å². The molecule has 0 spiro atoms. The third kappa shape index (κ3) is 3.85. The molecule has 4 nitrogen and oxygen atoms in total. The zero-order valence-electron chi connectivity index (χ0n) is 9.64. The van der Waals surface area contributed by atoms with Crippen LogP contribution in [-0.4, -0.2) is 24.0 Å². The fourth-order valence-electron chi connectivity index (χ4n) is 1.40. The number of ether oxygens (including phenoxy) is 1. The Kier molecular flexibility index (Phi) is 3.78. The number of carbonyl (C=O) groups excluding carboxylic acids is 2. The molecule has 1 saturated carbocycles. The molecule has 0 bridgehead atoms. The number of thiophene rings is 1. The number of nitrogens with one attached hydrogen (secondary N) is 1. The number of esters is 1. The Morgan fingerprint density at radius 2 is 2.35 bits per heavy atom. The van der Waals surface area contributed by atoms with E-state index in [2.05, 4.69) is 5.32 Å². The first-order valence-corrected chi connectivity index (χ1v) is 6.60. The summed E-state index contributed by atoms with van der Waals surface area (Å²) in [6, 6.07) is 2.17. The van der Waals surface area contributed by atoms with Crippen LogP contribution in [0.4, 0.5) is 0 Å². The van der Waals surface area contributed by atoms with E-state index < -0.39 is 6.10 Å². The number of carbonyl (C=O) groups is 2. The van der Waals surface area contributed by atoms with E-state index in [1.807, 2.05) is 16.8 Å². The smallest absolute Gasteiger partial charge is 0.311 e. The molecule has 1 amide bonds. The molecule has 2 rings (SSSR count). The van der Waals surface area contributed by atoms with Crippen LogP contribution in [0, 0.1) is 0 Å². The van der Waals surface area contributed by atoms with Gasteiger partial charge in [0.05, 0.1) is 6.42 Å². The summed E-state index contributed by atoms with van der Waals surface area (Å²) in [6.07, 6.45) is 1.58. The van der Waals surface area contributed by atoms with E-state index in [1.54, 1.807) is 6.92 Å². The predicted octanol–water partition coefficient (Wildman–Crippen LogP) is 1.50. The fraction of sp³-hybridized carbons (Fsp3) is 0.500. The Morgan fingerprint density at radius 3 is 2.94 bits per heavy atom. The Balaban J connectivity index is 1.75. The van der Waals surface area contributed by atoms with Gasteiger partial charge in [-0.05, 0) is 42.2 Å². The highest BCUT2D eigenvalue weighted by molar-refractivity contribution is 7.07. The fourth-order valence-corrected chi connectivity index (χ4v) is 2.07. The molecule has 1 aromatic rings. The minimum absolute atomic E-state index is 0.203. The molecule has 5 heteroatoms. The van der Waals surface area contributed by atoms with Crippen LogP contribution in [0.15, 0.2) is 16.8 Å². The zero-order valence-corrected chi connectivity index (χ0v) is 10.5. The first-order valence-electron chi connectivity index (χ1n) is 5.66. The molecule has 1 aliphatic rings. The number of hydrogen-bond acceptors (Lipinski definition) is 4. The molecule has 0 aromatic carbocycles. The average molecular weight is 253 g/mol. The summed E-state index contributed by atoms with van der Waals surface area (Å²) in [5, 5.41) is 6.61. The molecule has 0 radical (unpaired) electrons. The molecular weight excluding hydrogens is 238 g/mol. The van der Waals surface area contributed by atoms with Crippen LogP contribution in [0.3, 0.4) is 0 Å². The number of hydrogen-bond donors (Lipinski definition) is 1.